The van der Waals surface area contributed by atoms with Crippen molar-refractivity contribution < 1.29 is 13.2 Å². The second-order valence-electron chi connectivity index (χ2n) is 9.43. The Kier molecular flexibility index (Phi) is 8.47. The van der Waals surface area contributed by atoms with E-state index >= 15 is 0 Å². The first-order valence-corrected chi connectivity index (χ1v) is 13.1. The minimum Gasteiger partial charge on any atom is -0.342 e. The molecule has 0 bridgehead atoms. The van der Waals surface area contributed by atoms with Crippen LogP contribution in [0.3, 0.4) is 0 Å². The summed E-state index contributed by atoms with van der Waals surface area (Å²) in [6.45, 7) is 5.74. The van der Waals surface area contributed by atoms with Crippen LogP contribution in [0, 0.1) is 17.2 Å². The summed E-state index contributed by atoms with van der Waals surface area (Å²) in [5.41, 5.74) is 2.67. The van der Waals surface area contributed by atoms with Gasteiger partial charge >= 0.3 is 0 Å². The fourth-order valence-corrected chi connectivity index (χ4v) is 5.82. The molecule has 0 aliphatic carbocycles. The largest absolute Gasteiger partial charge is 0.342 e. The van der Waals surface area contributed by atoms with Crippen molar-refractivity contribution in [2.75, 3.05) is 33.7 Å². The molecule has 1 aliphatic heterocycles. The highest BCUT2D eigenvalue weighted by atomic mass is 32.2. The van der Waals surface area contributed by atoms with Crippen molar-refractivity contribution >= 4 is 15.9 Å². The molecule has 182 valence electrons. The molecule has 2 atom stereocenters. The SMILES string of the molecule is CC(C)CC(C(=O)NCC#N)c1cccc(-c2ccc(S(=O)(=O)N(C)C3CCN(C)C3)cc2)c1. The van der Waals surface area contributed by atoms with Gasteiger partial charge in [0.2, 0.25) is 15.9 Å². The van der Waals surface area contributed by atoms with E-state index in [4.69, 9.17) is 5.26 Å². The summed E-state index contributed by atoms with van der Waals surface area (Å²) in [5, 5.41) is 11.5. The first-order valence-electron chi connectivity index (χ1n) is 11.6. The quantitative estimate of drug-likeness (QED) is 0.553. The Balaban J connectivity index is 1.84. The molecule has 3 rings (SSSR count). The lowest BCUT2D eigenvalue weighted by Gasteiger charge is -2.24. The summed E-state index contributed by atoms with van der Waals surface area (Å²) >= 11 is 0. The summed E-state index contributed by atoms with van der Waals surface area (Å²) < 4.78 is 27.7. The predicted molar refractivity (Wildman–Crippen MR) is 134 cm³/mol. The fourth-order valence-electron chi connectivity index (χ4n) is 4.44. The second kappa shape index (κ2) is 11.1. The Hall–Kier alpha value is -2.73. The van der Waals surface area contributed by atoms with Crippen LogP contribution in [-0.2, 0) is 14.8 Å². The lowest BCUT2D eigenvalue weighted by molar-refractivity contribution is -0.122. The number of benzene rings is 2. The number of likely N-dealkylation sites (N-methyl/N-ethyl adjacent to an activating group) is 2. The first kappa shape index (κ1) is 25.9. The second-order valence-corrected chi connectivity index (χ2v) is 11.4. The van der Waals surface area contributed by atoms with Crippen molar-refractivity contribution in [3.63, 3.8) is 0 Å². The molecular formula is C26H34N4O3S. The zero-order valence-corrected chi connectivity index (χ0v) is 21.2. The number of hydrogen-bond donors (Lipinski definition) is 1. The zero-order chi connectivity index (χ0) is 24.9. The first-order chi connectivity index (χ1) is 16.1. The number of nitrogens with one attached hydrogen (secondary N) is 1. The molecule has 1 saturated heterocycles. The van der Waals surface area contributed by atoms with Crippen molar-refractivity contribution in [1.82, 2.24) is 14.5 Å². The van der Waals surface area contributed by atoms with Gasteiger partial charge in [0.15, 0.2) is 0 Å². The summed E-state index contributed by atoms with van der Waals surface area (Å²) in [6, 6.07) is 16.6. The molecule has 0 saturated carbocycles. The van der Waals surface area contributed by atoms with E-state index in [1.807, 2.05) is 49.5 Å². The molecule has 0 spiro atoms. The molecule has 1 amide bonds. The van der Waals surface area contributed by atoms with Gasteiger partial charge in [-0.2, -0.15) is 9.57 Å². The Morgan fingerprint density at radius 3 is 2.50 bits per heavy atom. The number of carbonyl (C=O) groups is 1. The number of nitriles is 1. The molecule has 2 unspecified atom stereocenters. The van der Waals surface area contributed by atoms with Gasteiger partial charge in [-0.15, -0.1) is 0 Å². The average molecular weight is 483 g/mol. The van der Waals surface area contributed by atoms with Crippen LogP contribution >= 0.6 is 0 Å². The van der Waals surface area contributed by atoms with Crippen LogP contribution in [0.4, 0.5) is 0 Å². The van der Waals surface area contributed by atoms with Gasteiger partial charge in [-0.1, -0.05) is 50.2 Å². The topological polar surface area (TPSA) is 93.5 Å². The third-order valence-corrected chi connectivity index (χ3v) is 8.32. The van der Waals surface area contributed by atoms with Crippen LogP contribution in [0.1, 0.15) is 38.2 Å². The molecule has 34 heavy (non-hydrogen) atoms. The third-order valence-electron chi connectivity index (χ3n) is 6.40. The van der Waals surface area contributed by atoms with Gasteiger partial charge in [-0.3, -0.25) is 4.79 Å². The van der Waals surface area contributed by atoms with E-state index in [0.717, 1.165) is 36.2 Å². The molecule has 2 aromatic rings. The Morgan fingerprint density at radius 1 is 1.21 bits per heavy atom. The lowest BCUT2D eigenvalue weighted by atomic mass is 9.88. The number of rotatable bonds is 9. The molecule has 1 heterocycles. The van der Waals surface area contributed by atoms with E-state index in [1.54, 1.807) is 19.2 Å². The van der Waals surface area contributed by atoms with Crippen LogP contribution in [0.2, 0.25) is 0 Å². The molecule has 0 aromatic heterocycles. The summed E-state index contributed by atoms with van der Waals surface area (Å²) in [4.78, 5) is 15.1. The monoisotopic (exact) mass is 482 g/mol. The van der Waals surface area contributed by atoms with Gasteiger partial charge in [-0.05, 0) is 61.2 Å². The molecular weight excluding hydrogens is 448 g/mol. The van der Waals surface area contributed by atoms with Crippen LogP contribution in [0.25, 0.3) is 11.1 Å². The Bertz CT molecular complexity index is 1140. The van der Waals surface area contributed by atoms with Crippen LogP contribution in [0.15, 0.2) is 53.4 Å². The Labute approximate surface area is 203 Å². The maximum atomic E-state index is 13.1. The summed E-state index contributed by atoms with van der Waals surface area (Å²) in [7, 11) is 0.0852. The van der Waals surface area contributed by atoms with E-state index in [9.17, 15) is 13.2 Å². The molecule has 8 heteroatoms. The maximum Gasteiger partial charge on any atom is 0.243 e. The normalized spacial score (nSPS) is 17.6. The van der Waals surface area contributed by atoms with Gasteiger partial charge in [-0.25, -0.2) is 8.42 Å². The predicted octanol–water partition coefficient (Wildman–Crippen LogP) is 3.45. The van der Waals surface area contributed by atoms with E-state index in [1.165, 1.54) is 4.31 Å². The molecule has 1 fully saturated rings. The van der Waals surface area contributed by atoms with E-state index in [0.29, 0.717) is 12.3 Å². The van der Waals surface area contributed by atoms with E-state index < -0.39 is 10.0 Å². The minimum atomic E-state index is -3.57. The van der Waals surface area contributed by atoms with Crippen LogP contribution in [0.5, 0.6) is 0 Å². The van der Waals surface area contributed by atoms with Gasteiger partial charge in [0.05, 0.1) is 16.9 Å². The van der Waals surface area contributed by atoms with Crippen molar-refractivity contribution in [2.24, 2.45) is 5.92 Å². The average Bonchev–Trinajstić information content (AvgIpc) is 3.26. The number of likely N-dealkylation sites (tertiary alicyclic amines) is 1. The van der Waals surface area contributed by atoms with Gasteiger partial charge in [0.1, 0.15) is 6.54 Å². The number of sulfonamides is 1. The van der Waals surface area contributed by atoms with Gasteiger partial charge in [0.25, 0.3) is 0 Å². The van der Waals surface area contributed by atoms with Crippen molar-refractivity contribution in [3.05, 3.63) is 54.1 Å². The molecule has 7 nitrogen and oxygen atoms in total. The zero-order valence-electron chi connectivity index (χ0n) is 20.4. The van der Waals surface area contributed by atoms with Gasteiger partial charge < -0.3 is 10.2 Å². The van der Waals surface area contributed by atoms with Crippen molar-refractivity contribution in [1.29, 1.82) is 5.26 Å². The van der Waals surface area contributed by atoms with Crippen LogP contribution in [-0.4, -0.2) is 63.3 Å². The number of carbonyl (C=O) groups excluding carboxylic acids is 1. The highest BCUT2D eigenvalue weighted by Crippen LogP contribution is 2.30. The standard InChI is InChI=1S/C26H34N4O3S/c1-19(2)16-25(26(31)28-14-13-27)22-7-5-6-21(17-22)20-8-10-24(11-9-20)34(32,33)30(4)23-12-15-29(3)18-23/h5-11,17,19,23,25H,12,14-16,18H2,1-4H3,(H,28,31). The lowest BCUT2D eigenvalue weighted by Crippen LogP contribution is -2.38. The molecule has 1 aliphatic rings. The highest BCUT2D eigenvalue weighted by Gasteiger charge is 2.32. The minimum absolute atomic E-state index is 0.0172. The number of amides is 1. The van der Waals surface area contributed by atoms with Crippen LogP contribution < -0.4 is 5.32 Å². The number of nitrogens with zero attached hydrogens (tertiary/aromatic N) is 3. The number of hydrogen-bond acceptors (Lipinski definition) is 5. The summed E-state index contributed by atoms with van der Waals surface area (Å²) in [6.07, 6.45) is 1.50. The smallest absolute Gasteiger partial charge is 0.243 e. The molecule has 1 N–H and O–H groups in total. The summed E-state index contributed by atoms with van der Waals surface area (Å²) in [5.74, 6) is -0.205. The van der Waals surface area contributed by atoms with E-state index in [-0.39, 0.29) is 29.3 Å². The van der Waals surface area contributed by atoms with E-state index in [2.05, 4.69) is 24.1 Å². The maximum absolute atomic E-state index is 13.1. The molecule has 2 aromatic carbocycles. The highest BCUT2D eigenvalue weighted by molar-refractivity contribution is 7.89. The fraction of sp³-hybridized carbons (Fsp3) is 0.462. The van der Waals surface area contributed by atoms with Gasteiger partial charge in [0, 0.05) is 19.6 Å². The van der Waals surface area contributed by atoms with Crippen molar-refractivity contribution in [3.8, 4) is 17.2 Å². The Morgan fingerprint density at radius 2 is 1.91 bits per heavy atom. The van der Waals surface area contributed by atoms with Crippen molar-refractivity contribution in [2.45, 2.75) is 43.5 Å². The third kappa shape index (κ3) is 6.03. The molecule has 0 radical (unpaired) electrons.